The average Bonchev–Trinajstić information content (AvgIpc) is 3.38. The van der Waals surface area contributed by atoms with Gasteiger partial charge in [0, 0.05) is 24.1 Å². The van der Waals surface area contributed by atoms with Crippen LogP contribution < -0.4 is 25.5 Å². The lowest BCUT2D eigenvalue weighted by atomic mass is 10.2. The number of carboxylic acid groups (broad SMARTS) is 2. The molecule has 0 saturated heterocycles. The van der Waals surface area contributed by atoms with Crippen molar-refractivity contribution in [3.8, 4) is 11.5 Å². The van der Waals surface area contributed by atoms with Crippen molar-refractivity contribution in [1.29, 1.82) is 0 Å². The summed E-state index contributed by atoms with van der Waals surface area (Å²) in [5, 5.41) is 29.7. The van der Waals surface area contributed by atoms with E-state index in [2.05, 4.69) is 10.3 Å². The van der Waals surface area contributed by atoms with Crippen LogP contribution in [-0.4, -0.2) is 64.8 Å². The van der Waals surface area contributed by atoms with E-state index < -0.39 is 43.1 Å². The van der Waals surface area contributed by atoms with Crippen LogP contribution >= 0.6 is 53.9 Å². The van der Waals surface area contributed by atoms with Gasteiger partial charge in [-0.25, -0.2) is 14.1 Å². The predicted octanol–water partition coefficient (Wildman–Crippen LogP) is 5.13. The molecule has 3 aromatic carbocycles. The van der Waals surface area contributed by atoms with Gasteiger partial charge >= 0.3 is 24.4 Å². The Morgan fingerprint density at radius 1 is 1.10 bits per heavy atom. The van der Waals surface area contributed by atoms with Crippen LogP contribution in [0.15, 0.2) is 69.3 Å². The Bertz CT molecular complexity index is 2090. The van der Waals surface area contributed by atoms with Crippen molar-refractivity contribution >= 4 is 82.9 Å². The highest BCUT2D eigenvalue weighted by Crippen LogP contribution is 2.39. The lowest BCUT2D eigenvalue weighted by molar-refractivity contribution is -0.383. The lowest BCUT2D eigenvalue weighted by Gasteiger charge is -2.15. The number of aromatic nitrogens is 2. The molecule has 4 aromatic rings. The number of aliphatic carboxylic acids is 2. The molecular weight excluding hydrogens is 793 g/mol. The van der Waals surface area contributed by atoms with Crippen LogP contribution in [0.5, 0.6) is 11.5 Å². The first kappa shape index (κ1) is 42.1. The summed E-state index contributed by atoms with van der Waals surface area (Å²) in [4.78, 5) is 63.9. The van der Waals surface area contributed by atoms with Crippen molar-refractivity contribution in [1.82, 2.24) is 14.7 Å². The summed E-state index contributed by atoms with van der Waals surface area (Å²) in [7, 11) is -4.10. The number of anilines is 1. The van der Waals surface area contributed by atoms with Gasteiger partial charge in [0.2, 0.25) is 4.80 Å². The molecule has 1 aliphatic rings. The number of hydrogen-bond donors (Lipinski definition) is 6. The summed E-state index contributed by atoms with van der Waals surface area (Å²) in [6.45, 7) is 0.853. The second-order valence-electron chi connectivity index (χ2n) is 10.3. The van der Waals surface area contributed by atoms with E-state index in [1.165, 1.54) is 18.2 Å². The van der Waals surface area contributed by atoms with Gasteiger partial charge in [-0.05, 0) is 54.5 Å². The molecule has 7 N–H and O–H groups in total. The molecule has 0 atom stereocenters. The fourth-order valence-corrected chi connectivity index (χ4v) is 6.58. The number of hydrogen-bond acceptors (Lipinski definition) is 12. The first-order valence-corrected chi connectivity index (χ1v) is 18.9. The van der Waals surface area contributed by atoms with Crippen LogP contribution in [0.3, 0.4) is 0 Å². The van der Waals surface area contributed by atoms with Gasteiger partial charge in [-0.1, -0.05) is 41.4 Å². The SMILES string of the molecule is Nc1c([N+](=O)[O-])ccc(Oc2ccccc2)c1Cl.O=C(O)CNCP(=O)(O)O.O=C(O)CSc1cc(N=c2sc(=O)n3n2CCCC3)c(F)cc1Cl. The summed E-state index contributed by atoms with van der Waals surface area (Å²) in [6, 6.07) is 14.1. The van der Waals surface area contributed by atoms with Crippen LogP contribution in [0.4, 0.5) is 21.5 Å². The fraction of sp³-hybridized carbons (Fsp3) is 0.241. The minimum Gasteiger partial charge on any atom is -0.481 e. The standard InChI is InChI=1S/C14H13ClFN3O3S2.C12H9ClN2O3.C3H8NO5P/c15-8-5-9(16)10(6-11(8)23-7-12(20)21)17-13-18-3-1-2-4-19(18)14(22)24-13;13-11-10(18-8-4-2-1-3-5-8)7-6-9(12(11)14)15(16)17;5-3(6)1-4-2-10(7,8)9/h5-6H,1-4,7H2,(H,20,21);1-7H,14H2;4H,1-2H2,(H,5,6)(H2,7,8,9). The highest BCUT2D eigenvalue weighted by Gasteiger charge is 2.19. The van der Waals surface area contributed by atoms with Crippen molar-refractivity contribution in [2.45, 2.75) is 30.8 Å². The number of nitrogens with two attached hydrogens (primary N) is 1. The number of carboxylic acids is 2. The van der Waals surface area contributed by atoms with Crippen molar-refractivity contribution in [3.63, 3.8) is 0 Å². The summed E-state index contributed by atoms with van der Waals surface area (Å²) in [5.74, 6) is -2.08. The molecule has 5 rings (SSSR count). The largest absolute Gasteiger partial charge is 0.481 e. The smallest absolute Gasteiger partial charge is 0.339 e. The molecule has 17 nitrogen and oxygen atoms in total. The Morgan fingerprint density at radius 2 is 1.75 bits per heavy atom. The number of halogens is 3. The number of nitrogens with one attached hydrogen (secondary N) is 1. The number of para-hydroxylation sites is 1. The number of nitrogen functional groups attached to an aromatic ring is 1. The molecule has 0 aliphatic carbocycles. The zero-order valence-electron chi connectivity index (χ0n) is 26.6. The second kappa shape index (κ2) is 19.5. The molecule has 23 heteroatoms. The van der Waals surface area contributed by atoms with Crippen LogP contribution in [0.2, 0.25) is 10.0 Å². The molecule has 1 aliphatic heterocycles. The average molecular weight is 824 g/mol. The maximum absolute atomic E-state index is 14.2. The maximum Gasteiger partial charge on any atom is 0.339 e. The van der Waals surface area contributed by atoms with Gasteiger partial charge in [-0.2, -0.15) is 0 Å². The van der Waals surface area contributed by atoms with Crippen LogP contribution in [-0.2, 0) is 27.2 Å². The van der Waals surface area contributed by atoms with Gasteiger partial charge in [0.25, 0.3) is 5.69 Å². The van der Waals surface area contributed by atoms with Crippen LogP contribution in [0, 0.1) is 15.9 Å². The number of ether oxygens (including phenoxy) is 1. The fourth-order valence-electron chi connectivity index (χ4n) is 4.10. The summed E-state index contributed by atoms with van der Waals surface area (Å²) < 4.78 is 33.1. The van der Waals surface area contributed by atoms with Crippen molar-refractivity contribution < 1.29 is 48.2 Å². The number of carbonyl (C=O) groups is 2. The lowest BCUT2D eigenvalue weighted by Crippen LogP contribution is -2.31. The Morgan fingerprint density at radius 3 is 2.35 bits per heavy atom. The summed E-state index contributed by atoms with van der Waals surface area (Å²) in [6.07, 6.45) is 1.27. The Labute approximate surface area is 311 Å². The molecule has 2 heterocycles. The molecule has 0 bridgehead atoms. The van der Waals surface area contributed by atoms with Gasteiger partial charge in [0.1, 0.15) is 33.7 Å². The quantitative estimate of drug-likeness (QED) is 0.0377. The molecule has 0 saturated carbocycles. The predicted molar refractivity (Wildman–Crippen MR) is 192 cm³/mol. The van der Waals surface area contributed by atoms with E-state index in [1.54, 1.807) is 33.6 Å². The molecule has 280 valence electrons. The van der Waals surface area contributed by atoms with E-state index in [4.69, 9.17) is 53.7 Å². The number of nitro benzene ring substituents is 1. The molecule has 0 radical (unpaired) electrons. The highest BCUT2D eigenvalue weighted by atomic mass is 35.5. The van der Waals surface area contributed by atoms with Gasteiger partial charge in [0.15, 0.2) is 0 Å². The third kappa shape index (κ3) is 13.1. The van der Waals surface area contributed by atoms with E-state index in [0.717, 1.165) is 42.0 Å². The van der Waals surface area contributed by atoms with Crippen molar-refractivity contribution in [2.75, 3.05) is 24.3 Å². The number of nitrogens with zero attached hydrogens (tertiary/aromatic N) is 4. The number of nitro groups is 1. The summed E-state index contributed by atoms with van der Waals surface area (Å²) in [5.41, 5.74) is 5.28. The first-order valence-electron chi connectivity index (χ1n) is 14.6. The van der Waals surface area contributed by atoms with Crippen molar-refractivity contribution in [3.05, 3.63) is 95.0 Å². The molecular formula is C29H30Cl2FN6O11PS2. The van der Waals surface area contributed by atoms with E-state index in [0.29, 0.717) is 28.5 Å². The number of fused-ring (bicyclic) bond motifs is 1. The van der Waals surface area contributed by atoms with E-state index in [1.807, 2.05) is 6.07 Å². The molecule has 0 amide bonds. The summed E-state index contributed by atoms with van der Waals surface area (Å²) >= 11 is 13.9. The van der Waals surface area contributed by atoms with Gasteiger partial charge in [0.05, 0.1) is 28.5 Å². The number of thioether (sulfide) groups is 1. The number of benzene rings is 3. The monoisotopic (exact) mass is 822 g/mol. The Balaban J connectivity index is 0.000000230. The van der Waals surface area contributed by atoms with Gasteiger partial charge < -0.3 is 30.5 Å². The molecule has 1 aromatic heterocycles. The first-order chi connectivity index (χ1) is 24.5. The molecule has 0 unspecified atom stereocenters. The minimum absolute atomic E-state index is 0.0352. The van der Waals surface area contributed by atoms with Crippen LogP contribution in [0.1, 0.15) is 12.8 Å². The zero-order chi connectivity index (χ0) is 38.6. The molecule has 0 spiro atoms. The minimum atomic E-state index is -4.10. The Kier molecular flexibility index (Phi) is 15.8. The van der Waals surface area contributed by atoms with E-state index >= 15 is 0 Å². The molecule has 52 heavy (non-hydrogen) atoms. The zero-order valence-corrected chi connectivity index (χ0v) is 30.6. The van der Waals surface area contributed by atoms with Gasteiger partial charge in [-0.15, -0.1) is 11.8 Å². The van der Waals surface area contributed by atoms with Gasteiger partial charge in [-0.3, -0.25) is 39.1 Å². The highest BCUT2D eigenvalue weighted by molar-refractivity contribution is 8.00. The topological polar surface area (TPSA) is 262 Å². The van der Waals surface area contributed by atoms with E-state index in [-0.39, 0.29) is 43.5 Å². The second-order valence-corrected chi connectivity index (χ2v) is 14.6. The molecule has 0 fully saturated rings. The third-order valence-electron chi connectivity index (χ3n) is 6.34. The normalized spacial score (nSPS) is 12.4. The Hall–Kier alpha value is -4.27. The maximum atomic E-state index is 14.2. The van der Waals surface area contributed by atoms with Crippen molar-refractivity contribution in [2.24, 2.45) is 4.99 Å². The number of rotatable bonds is 11. The third-order valence-corrected chi connectivity index (χ3v) is 9.70. The van der Waals surface area contributed by atoms with Crippen LogP contribution in [0.25, 0.3) is 0 Å². The van der Waals surface area contributed by atoms with E-state index in [9.17, 15) is 33.5 Å².